The highest BCUT2D eigenvalue weighted by Gasteiger charge is 2.15. The summed E-state index contributed by atoms with van der Waals surface area (Å²) >= 11 is 0. The molecule has 0 aliphatic rings. The van der Waals surface area contributed by atoms with Crippen LogP contribution in [-0.2, 0) is 0 Å². The lowest BCUT2D eigenvalue weighted by atomic mass is 9.84. The zero-order chi connectivity index (χ0) is 15.9. The van der Waals surface area contributed by atoms with Crippen LogP contribution in [0.3, 0.4) is 0 Å². The SMILES string of the molecule is CCC(C)c1ccc(C(C)CC(CC)c2ccccc2)cc1. The molecule has 3 atom stereocenters. The summed E-state index contributed by atoms with van der Waals surface area (Å²) in [6.07, 6.45) is 3.64. The standard InChI is InChI=1S/C22H30/c1-5-17(3)20-12-14-21(15-13-20)18(4)16-19(6-2)22-10-8-7-9-11-22/h7-15,17-19H,5-6,16H2,1-4H3. The molecule has 0 fully saturated rings. The summed E-state index contributed by atoms with van der Waals surface area (Å²) < 4.78 is 0. The molecule has 0 amide bonds. The average Bonchev–Trinajstić information content (AvgIpc) is 2.59. The molecule has 2 aromatic carbocycles. The Hall–Kier alpha value is -1.56. The Labute approximate surface area is 136 Å². The topological polar surface area (TPSA) is 0 Å². The number of benzene rings is 2. The van der Waals surface area contributed by atoms with Gasteiger partial charge >= 0.3 is 0 Å². The molecular formula is C22H30. The number of hydrogen-bond acceptors (Lipinski definition) is 0. The third-order valence-corrected chi connectivity index (χ3v) is 5.09. The lowest BCUT2D eigenvalue weighted by Crippen LogP contribution is -2.04. The van der Waals surface area contributed by atoms with Gasteiger partial charge in [0.15, 0.2) is 0 Å². The zero-order valence-electron chi connectivity index (χ0n) is 14.5. The summed E-state index contributed by atoms with van der Waals surface area (Å²) in [6.45, 7) is 9.23. The van der Waals surface area contributed by atoms with E-state index in [0.29, 0.717) is 17.8 Å². The van der Waals surface area contributed by atoms with Crippen LogP contribution in [0.2, 0.25) is 0 Å². The van der Waals surface area contributed by atoms with E-state index in [4.69, 9.17) is 0 Å². The van der Waals surface area contributed by atoms with Crippen molar-refractivity contribution in [3.63, 3.8) is 0 Å². The zero-order valence-corrected chi connectivity index (χ0v) is 14.5. The minimum Gasteiger partial charge on any atom is -0.0648 e. The van der Waals surface area contributed by atoms with Crippen molar-refractivity contribution in [3.8, 4) is 0 Å². The maximum atomic E-state index is 2.36. The third kappa shape index (κ3) is 4.22. The Kier molecular flexibility index (Phi) is 6.24. The van der Waals surface area contributed by atoms with E-state index in [1.54, 1.807) is 0 Å². The third-order valence-electron chi connectivity index (χ3n) is 5.09. The predicted octanol–water partition coefficient (Wildman–Crippen LogP) is 6.89. The van der Waals surface area contributed by atoms with E-state index in [-0.39, 0.29) is 0 Å². The predicted molar refractivity (Wildman–Crippen MR) is 97.7 cm³/mol. The molecule has 22 heavy (non-hydrogen) atoms. The lowest BCUT2D eigenvalue weighted by molar-refractivity contribution is 0.544. The normalized spacial score (nSPS) is 15.3. The fourth-order valence-corrected chi connectivity index (χ4v) is 3.22. The molecule has 0 aliphatic heterocycles. The van der Waals surface area contributed by atoms with E-state index in [1.165, 1.54) is 36.0 Å². The number of rotatable bonds is 7. The lowest BCUT2D eigenvalue weighted by Gasteiger charge is -2.21. The van der Waals surface area contributed by atoms with Gasteiger partial charge in [-0.05, 0) is 53.7 Å². The van der Waals surface area contributed by atoms with Gasteiger partial charge in [0.05, 0.1) is 0 Å². The van der Waals surface area contributed by atoms with E-state index < -0.39 is 0 Å². The van der Waals surface area contributed by atoms with Crippen LogP contribution in [0.25, 0.3) is 0 Å². The van der Waals surface area contributed by atoms with Crippen molar-refractivity contribution in [2.24, 2.45) is 0 Å². The van der Waals surface area contributed by atoms with Gasteiger partial charge in [0, 0.05) is 0 Å². The van der Waals surface area contributed by atoms with Gasteiger partial charge in [-0.1, -0.05) is 82.3 Å². The molecule has 0 radical (unpaired) electrons. The highest BCUT2D eigenvalue weighted by Crippen LogP contribution is 2.32. The van der Waals surface area contributed by atoms with Crippen LogP contribution in [0.4, 0.5) is 0 Å². The Morgan fingerprint density at radius 2 is 1.18 bits per heavy atom. The first kappa shape index (κ1) is 16.8. The molecule has 0 aliphatic carbocycles. The molecule has 0 saturated carbocycles. The smallest absolute Gasteiger partial charge is 0.0159 e. The van der Waals surface area contributed by atoms with Crippen molar-refractivity contribution in [2.45, 2.75) is 64.7 Å². The van der Waals surface area contributed by atoms with E-state index in [2.05, 4.69) is 82.3 Å². The van der Waals surface area contributed by atoms with Crippen molar-refractivity contribution in [1.82, 2.24) is 0 Å². The van der Waals surface area contributed by atoms with Gasteiger partial charge in [0.2, 0.25) is 0 Å². The molecule has 3 unspecified atom stereocenters. The molecule has 0 aromatic heterocycles. The van der Waals surface area contributed by atoms with Crippen molar-refractivity contribution >= 4 is 0 Å². The van der Waals surface area contributed by atoms with Crippen molar-refractivity contribution in [2.75, 3.05) is 0 Å². The second kappa shape index (κ2) is 8.17. The van der Waals surface area contributed by atoms with Gasteiger partial charge < -0.3 is 0 Å². The Balaban J connectivity index is 2.06. The first-order chi connectivity index (χ1) is 10.7. The Morgan fingerprint density at radius 3 is 1.68 bits per heavy atom. The van der Waals surface area contributed by atoms with Crippen molar-refractivity contribution < 1.29 is 0 Å². The van der Waals surface area contributed by atoms with Crippen molar-refractivity contribution in [3.05, 3.63) is 71.3 Å². The largest absolute Gasteiger partial charge is 0.0648 e. The molecule has 0 bridgehead atoms. The van der Waals surface area contributed by atoms with Gasteiger partial charge in [-0.2, -0.15) is 0 Å². The average molecular weight is 294 g/mol. The molecule has 0 nitrogen and oxygen atoms in total. The van der Waals surface area contributed by atoms with Crippen molar-refractivity contribution in [1.29, 1.82) is 0 Å². The molecular weight excluding hydrogens is 264 g/mol. The summed E-state index contributed by atoms with van der Waals surface area (Å²) in [4.78, 5) is 0. The first-order valence-electron chi connectivity index (χ1n) is 8.80. The van der Waals surface area contributed by atoms with Crippen LogP contribution < -0.4 is 0 Å². The maximum Gasteiger partial charge on any atom is -0.0159 e. The molecule has 0 saturated heterocycles. The first-order valence-corrected chi connectivity index (χ1v) is 8.80. The molecule has 2 rings (SSSR count). The summed E-state index contributed by atoms with van der Waals surface area (Å²) in [5, 5.41) is 0. The summed E-state index contributed by atoms with van der Waals surface area (Å²) in [5.41, 5.74) is 4.42. The van der Waals surface area contributed by atoms with E-state index >= 15 is 0 Å². The van der Waals surface area contributed by atoms with Gasteiger partial charge in [-0.3, -0.25) is 0 Å². The highest BCUT2D eigenvalue weighted by molar-refractivity contribution is 5.28. The minimum absolute atomic E-state index is 0.608. The quantitative estimate of drug-likeness (QED) is 0.521. The van der Waals surface area contributed by atoms with Gasteiger partial charge in [-0.25, -0.2) is 0 Å². The second-order valence-corrected chi connectivity index (χ2v) is 6.63. The fraction of sp³-hybridized carbons (Fsp3) is 0.455. The molecule has 0 heterocycles. The fourth-order valence-electron chi connectivity index (χ4n) is 3.22. The van der Waals surface area contributed by atoms with Crippen LogP contribution in [0.5, 0.6) is 0 Å². The summed E-state index contributed by atoms with van der Waals surface area (Å²) in [7, 11) is 0. The number of hydrogen-bond donors (Lipinski definition) is 0. The second-order valence-electron chi connectivity index (χ2n) is 6.63. The summed E-state index contributed by atoms with van der Waals surface area (Å²) in [6, 6.07) is 20.3. The van der Waals surface area contributed by atoms with E-state index in [0.717, 1.165) is 0 Å². The highest BCUT2D eigenvalue weighted by atomic mass is 14.2. The minimum atomic E-state index is 0.608. The van der Waals surface area contributed by atoms with Gasteiger partial charge in [0.1, 0.15) is 0 Å². The van der Waals surface area contributed by atoms with E-state index in [1.807, 2.05) is 0 Å². The molecule has 0 N–H and O–H groups in total. The monoisotopic (exact) mass is 294 g/mol. The molecule has 118 valence electrons. The Bertz CT molecular complexity index is 538. The molecule has 0 heteroatoms. The van der Waals surface area contributed by atoms with E-state index in [9.17, 15) is 0 Å². The maximum absolute atomic E-state index is 2.36. The van der Waals surface area contributed by atoms with Crippen LogP contribution in [0.15, 0.2) is 54.6 Å². The summed E-state index contributed by atoms with van der Waals surface area (Å²) in [5.74, 6) is 1.93. The van der Waals surface area contributed by atoms with Crippen LogP contribution in [0, 0.1) is 0 Å². The van der Waals surface area contributed by atoms with Crippen LogP contribution >= 0.6 is 0 Å². The van der Waals surface area contributed by atoms with Gasteiger partial charge in [0.25, 0.3) is 0 Å². The van der Waals surface area contributed by atoms with Gasteiger partial charge in [-0.15, -0.1) is 0 Å². The Morgan fingerprint density at radius 1 is 0.636 bits per heavy atom. The van der Waals surface area contributed by atoms with Crippen LogP contribution in [0.1, 0.15) is 81.4 Å². The molecule has 2 aromatic rings. The molecule has 0 spiro atoms. The van der Waals surface area contributed by atoms with Crippen LogP contribution in [-0.4, -0.2) is 0 Å².